The van der Waals surface area contributed by atoms with Crippen molar-refractivity contribution in [1.29, 1.82) is 0 Å². The van der Waals surface area contributed by atoms with Crippen LogP contribution in [0.25, 0.3) is 0 Å². The quantitative estimate of drug-likeness (QED) is 0.853. The SMILES string of the molecule is Nc1c(F)cccc1C(=O)NCc1cccc(Br)c1. The number of halogens is 2. The van der Waals surface area contributed by atoms with E-state index in [9.17, 15) is 9.18 Å². The van der Waals surface area contributed by atoms with Crippen molar-refractivity contribution in [3.8, 4) is 0 Å². The molecule has 0 aliphatic carbocycles. The minimum absolute atomic E-state index is 0.130. The fraction of sp³-hybridized carbons (Fsp3) is 0.0714. The molecule has 2 aromatic carbocycles. The predicted octanol–water partition coefficient (Wildman–Crippen LogP) is 3.10. The van der Waals surface area contributed by atoms with Crippen molar-refractivity contribution in [3.05, 3.63) is 63.9 Å². The van der Waals surface area contributed by atoms with Gasteiger partial charge >= 0.3 is 0 Å². The summed E-state index contributed by atoms with van der Waals surface area (Å²) in [5.41, 5.74) is 6.49. The number of anilines is 1. The van der Waals surface area contributed by atoms with Crippen LogP contribution in [0.3, 0.4) is 0 Å². The van der Waals surface area contributed by atoms with E-state index < -0.39 is 11.7 Å². The second-order valence-corrected chi connectivity index (χ2v) is 4.93. The van der Waals surface area contributed by atoms with Gasteiger partial charge in [0.05, 0.1) is 11.3 Å². The third kappa shape index (κ3) is 3.32. The summed E-state index contributed by atoms with van der Waals surface area (Å²) >= 11 is 3.35. The van der Waals surface area contributed by atoms with Crippen LogP contribution in [0.2, 0.25) is 0 Å². The van der Waals surface area contributed by atoms with Gasteiger partial charge in [0.15, 0.2) is 0 Å². The number of nitrogens with two attached hydrogens (primary N) is 1. The molecule has 98 valence electrons. The first kappa shape index (κ1) is 13.5. The molecule has 2 rings (SSSR count). The Morgan fingerprint density at radius 1 is 1.26 bits per heavy atom. The van der Waals surface area contributed by atoms with Gasteiger partial charge in [-0.3, -0.25) is 4.79 Å². The van der Waals surface area contributed by atoms with Gasteiger partial charge in [0.25, 0.3) is 5.91 Å². The molecule has 0 saturated heterocycles. The van der Waals surface area contributed by atoms with E-state index in [0.717, 1.165) is 10.0 Å². The number of hydrogen-bond acceptors (Lipinski definition) is 2. The molecule has 0 saturated carbocycles. The predicted molar refractivity (Wildman–Crippen MR) is 76.1 cm³/mol. The van der Waals surface area contributed by atoms with E-state index in [-0.39, 0.29) is 11.3 Å². The Labute approximate surface area is 118 Å². The summed E-state index contributed by atoms with van der Waals surface area (Å²) in [5.74, 6) is -0.980. The first-order chi connectivity index (χ1) is 9.08. The molecule has 0 aromatic heterocycles. The molecule has 0 radical (unpaired) electrons. The monoisotopic (exact) mass is 322 g/mol. The average molecular weight is 323 g/mol. The molecule has 0 unspecified atom stereocenters. The van der Waals surface area contributed by atoms with Crippen molar-refractivity contribution in [2.75, 3.05) is 5.73 Å². The molecule has 3 N–H and O–H groups in total. The summed E-state index contributed by atoms with van der Waals surface area (Å²) in [6.07, 6.45) is 0. The van der Waals surface area contributed by atoms with E-state index in [0.29, 0.717) is 6.54 Å². The molecule has 1 amide bonds. The molecule has 0 fully saturated rings. The van der Waals surface area contributed by atoms with Crippen LogP contribution in [-0.2, 0) is 6.54 Å². The van der Waals surface area contributed by atoms with Crippen LogP contribution in [0.1, 0.15) is 15.9 Å². The van der Waals surface area contributed by atoms with Crippen LogP contribution in [0.5, 0.6) is 0 Å². The van der Waals surface area contributed by atoms with Gasteiger partial charge in [-0.05, 0) is 29.8 Å². The van der Waals surface area contributed by atoms with E-state index in [1.165, 1.54) is 18.2 Å². The zero-order chi connectivity index (χ0) is 13.8. The van der Waals surface area contributed by atoms with Crippen LogP contribution in [0.4, 0.5) is 10.1 Å². The summed E-state index contributed by atoms with van der Waals surface area (Å²) in [4.78, 5) is 11.9. The van der Waals surface area contributed by atoms with E-state index in [2.05, 4.69) is 21.2 Å². The van der Waals surface area contributed by atoms with Crippen LogP contribution in [-0.4, -0.2) is 5.91 Å². The second kappa shape index (κ2) is 5.84. The Morgan fingerprint density at radius 3 is 2.74 bits per heavy atom. The maximum atomic E-state index is 13.2. The molecule has 0 bridgehead atoms. The number of carbonyl (C=O) groups excluding carboxylic acids is 1. The molecule has 0 atom stereocenters. The summed E-state index contributed by atoms with van der Waals surface area (Å²) < 4.78 is 14.2. The lowest BCUT2D eigenvalue weighted by molar-refractivity contribution is 0.0951. The van der Waals surface area contributed by atoms with Crippen molar-refractivity contribution in [3.63, 3.8) is 0 Å². The standard InChI is InChI=1S/C14H12BrFN2O/c15-10-4-1-3-9(7-10)8-18-14(19)11-5-2-6-12(16)13(11)17/h1-7H,8,17H2,(H,18,19). The molecule has 19 heavy (non-hydrogen) atoms. The molecule has 0 spiro atoms. The zero-order valence-electron chi connectivity index (χ0n) is 9.99. The van der Waals surface area contributed by atoms with E-state index in [1.54, 1.807) is 0 Å². The Balaban J connectivity index is 2.08. The van der Waals surface area contributed by atoms with Crippen LogP contribution in [0.15, 0.2) is 46.9 Å². The van der Waals surface area contributed by atoms with Gasteiger partial charge in [0.1, 0.15) is 5.82 Å². The lowest BCUT2D eigenvalue weighted by Crippen LogP contribution is -2.24. The average Bonchev–Trinajstić information content (AvgIpc) is 2.39. The van der Waals surface area contributed by atoms with Gasteiger partial charge in [0.2, 0.25) is 0 Å². The van der Waals surface area contributed by atoms with Gasteiger partial charge in [-0.25, -0.2) is 4.39 Å². The summed E-state index contributed by atoms with van der Waals surface area (Å²) in [6.45, 7) is 0.355. The number of carbonyl (C=O) groups is 1. The van der Waals surface area contributed by atoms with Gasteiger partial charge in [0, 0.05) is 11.0 Å². The smallest absolute Gasteiger partial charge is 0.253 e. The highest BCUT2D eigenvalue weighted by molar-refractivity contribution is 9.10. The van der Waals surface area contributed by atoms with E-state index in [4.69, 9.17) is 5.73 Å². The van der Waals surface area contributed by atoms with Crippen molar-refractivity contribution in [1.82, 2.24) is 5.32 Å². The molecule has 0 aliphatic heterocycles. The molecular formula is C14H12BrFN2O. The number of para-hydroxylation sites is 1. The number of hydrogen-bond donors (Lipinski definition) is 2. The lowest BCUT2D eigenvalue weighted by atomic mass is 10.1. The lowest BCUT2D eigenvalue weighted by Gasteiger charge is -2.08. The van der Waals surface area contributed by atoms with Crippen molar-refractivity contribution < 1.29 is 9.18 Å². The van der Waals surface area contributed by atoms with Crippen molar-refractivity contribution in [2.45, 2.75) is 6.54 Å². The Kier molecular flexibility index (Phi) is 4.16. The van der Waals surface area contributed by atoms with E-state index in [1.807, 2.05) is 24.3 Å². The highest BCUT2D eigenvalue weighted by atomic mass is 79.9. The maximum absolute atomic E-state index is 13.2. The van der Waals surface area contributed by atoms with Gasteiger partial charge in [-0.2, -0.15) is 0 Å². The first-order valence-electron chi connectivity index (χ1n) is 5.64. The fourth-order valence-electron chi connectivity index (χ4n) is 1.66. The highest BCUT2D eigenvalue weighted by Gasteiger charge is 2.12. The number of rotatable bonds is 3. The van der Waals surface area contributed by atoms with Crippen LogP contribution in [0, 0.1) is 5.82 Å². The van der Waals surface area contributed by atoms with Crippen molar-refractivity contribution in [2.24, 2.45) is 0 Å². The van der Waals surface area contributed by atoms with Gasteiger partial charge in [-0.1, -0.05) is 34.1 Å². The Bertz CT molecular complexity index is 616. The number of benzene rings is 2. The third-order valence-electron chi connectivity index (χ3n) is 2.64. The van der Waals surface area contributed by atoms with Crippen LogP contribution < -0.4 is 11.1 Å². The normalized spacial score (nSPS) is 10.2. The Hall–Kier alpha value is -1.88. The van der Waals surface area contributed by atoms with Gasteiger partial charge in [-0.15, -0.1) is 0 Å². The largest absolute Gasteiger partial charge is 0.396 e. The summed E-state index contributed by atoms with van der Waals surface area (Å²) in [5, 5.41) is 2.70. The molecular weight excluding hydrogens is 311 g/mol. The van der Waals surface area contributed by atoms with Crippen molar-refractivity contribution >= 4 is 27.5 Å². The number of nitrogen functional groups attached to an aromatic ring is 1. The molecule has 3 nitrogen and oxygen atoms in total. The number of amides is 1. The molecule has 5 heteroatoms. The second-order valence-electron chi connectivity index (χ2n) is 4.01. The third-order valence-corrected chi connectivity index (χ3v) is 3.13. The summed E-state index contributed by atoms with van der Waals surface area (Å²) in [6, 6.07) is 11.7. The highest BCUT2D eigenvalue weighted by Crippen LogP contribution is 2.16. The Morgan fingerprint density at radius 2 is 2.00 bits per heavy atom. The maximum Gasteiger partial charge on any atom is 0.253 e. The van der Waals surface area contributed by atoms with E-state index >= 15 is 0 Å². The van der Waals surface area contributed by atoms with Gasteiger partial charge < -0.3 is 11.1 Å². The molecule has 2 aromatic rings. The topological polar surface area (TPSA) is 55.1 Å². The van der Waals surface area contributed by atoms with Crippen LogP contribution >= 0.6 is 15.9 Å². The minimum Gasteiger partial charge on any atom is -0.396 e. The molecule has 0 aliphatic rings. The number of nitrogens with one attached hydrogen (secondary N) is 1. The first-order valence-corrected chi connectivity index (χ1v) is 6.44. The molecule has 0 heterocycles. The zero-order valence-corrected chi connectivity index (χ0v) is 11.6. The summed E-state index contributed by atoms with van der Waals surface area (Å²) in [7, 11) is 0. The fourth-order valence-corrected chi connectivity index (χ4v) is 2.11. The minimum atomic E-state index is -0.588.